The lowest BCUT2D eigenvalue weighted by Gasteiger charge is -2.22. The van der Waals surface area contributed by atoms with Crippen molar-refractivity contribution in [3.63, 3.8) is 0 Å². The molecule has 0 aliphatic carbocycles. The maximum Gasteiger partial charge on any atom is 0.271 e. The highest BCUT2D eigenvalue weighted by Gasteiger charge is 2.26. The minimum absolute atomic E-state index is 0.0110. The van der Waals surface area contributed by atoms with Gasteiger partial charge in [-0.05, 0) is 25.3 Å². The van der Waals surface area contributed by atoms with E-state index in [2.05, 4.69) is 10.3 Å². The number of nitrogens with zero attached hydrogens (tertiary/aromatic N) is 2. The number of hydrogen-bond donors (Lipinski definition) is 2. The van der Waals surface area contributed by atoms with E-state index in [1.807, 2.05) is 16.8 Å². The topological polar surface area (TPSA) is 83.7 Å². The fourth-order valence-electron chi connectivity index (χ4n) is 2.20. The summed E-state index contributed by atoms with van der Waals surface area (Å²) in [6.07, 6.45) is 1.28. The van der Waals surface area contributed by atoms with Crippen LogP contribution in [0.4, 0.5) is 0 Å². The monoisotopic (exact) mass is 349 g/mol. The molecule has 8 heteroatoms. The number of rotatable bonds is 4. The van der Waals surface area contributed by atoms with Gasteiger partial charge in [0.1, 0.15) is 11.2 Å². The number of aliphatic hydroxyl groups is 1. The summed E-state index contributed by atoms with van der Waals surface area (Å²) >= 11 is 2.75. The van der Waals surface area contributed by atoms with Crippen molar-refractivity contribution in [3.05, 3.63) is 55.6 Å². The predicted molar refractivity (Wildman–Crippen MR) is 90.3 cm³/mol. The minimum atomic E-state index is -1.18. The van der Waals surface area contributed by atoms with Crippen LogP contribution >= 0.6 is 22.7 Å². The first kappa shape index (κ1) is 15.9. The molecule has 120 valence electrons. The van der Waals surface area contributed by atoms with Crippen molar-refractivity contribution in [1.29, 1.82) is 0 Å². The molecule has 1 amide bonds. The highest BCUT2D eigenvalue weighted by Crippen LogP contribution is 2.24. The molecule has 0 saturated carbocycles. The summed E-state index contributed by atoms with van der Waals surface area (Å²) in [5.74, 6) is -0.542. The Morgan fingerprint density at radius 1 is 1.48 bits per heavy atom. The van der Waals surface area contributed by atoms with Crippen molar-refractivity contribution in [3.8, 4) is 0 Å². The molecule has 3 aromatic rings. The quantitative estimate of drug-likeness (QED) is 0.752. The minimum Gasteiger partial charge on any atom is -0.383 e. The van der Waals surface area contributed by atoms with E-state index < -0.39 is 17.1 Å². The molecule has 3 aromatic heterocycles. The molecule has 1 atom stereocenters. The highest BCUT2D eigenvalue weighted by atomic mass is 32.1. The van der Waals surface area contributed by atoms with E-state index in [-0.39, 0.29) is 12.1 Å². The molecule has 3 rings (SSSR count). The van der Waals surface area contributed by atoms with Gasteiger partial charge in [-0.2, -0.15) is 0 Å². The van der Waals surface area contributed by atoms with Crippen LogP contribution in [0.5, 0.6) is 0 Å². The number of thiazole rings is 1. The first-order chi connectivity index (χ1) is 10.9. The normalized spacial score (nSPS) is 13.9. The van der Waals surface area contributed by atoms with E-state index >= 15 is 0 Å². The van der Waals surface area contributed by atoms with Crippen molar-refractivity contribution in [1.82, 2.24) is 14.7 Å². The van der Waals surface area contributed by atoms with E-state index in [1.165, 1.54) is 33.3 Å². The molecular formula is C15H15N3O3S2. The molecule has 0 aliphatic rings. The summed E-state index contributed by atoms with van der Waals surface area (Å²) in [5.41, 5.74) is -0.883. The van der Waals surface area contributed by atoms with Crippen LogP contribution in [0.3, 0.4) is 0 Å². The van der Waals surface area contributed by atoms with Crippen LogP contribution in [-0.4, -0.2) is 26.9 Å². The lowest BCUT2D eigenvalue weighted by molar-refractivity contribution is 0.0556. The summed E-state index contributed by atoms with van der Waals surface area (Å²) in [7, 11) is 0. The summed E-state index contributed by atoms with van der Waals surface area (Å²) in [6.45, 7) is 3.42. The maximum atomic E-state index is 12.4. The van der Waals surface area contributed by atoms with Crippen LogP contribution in [0.1, 0.15) is 27.9 Å². The van der Waals surface area contributed by atoms with Crippen LogP contribution in [0.25, 0.3) is 4.96 Å². The number of carbonyl (C=O) groups excluding carboxylic acids is 1. The number of amides is 1. The van der Waals surface area contributed by atoms with E-state index in [9.17, 15) is 14.7 Å². The predicted octanol–water partition coefficient (Wildman–Crippen LogP) is 1.76. The molecule has 1 unspecified atom stereocenters. The van der Waals surface area contributed by atoms with Gasteiger partial charge in [-0.1, -0.05) is 6.07 Å². The molecule has 0 spiro atoms. The largest absolute Gasteiger partial charge is 0.383 e. The van der Waals surface area contributed by atoms with Gasteiger partial charge in [-0.15, -0.1) is 22.7 Å². The Kier molecular flexibility index (Phi) is 4.05. The van der Waals surface area contributed by atoms with Crippen LogP contribution in [-0.2, 0) is 5.60 Å². The summed E-state index contributed by atoms with van der Waals surface area (Å²) in [4.78, 5) is 30.1. The Morgan fingerprint density at radius 2 is 2.26 bits per heavy atom. The van der Waals surface area contributed by atoms with Gasteiger partial charge in [-0.25, -0.2) is 4.98 Å². The van der Waals surface area contributed by atoms with Crippen LogP contribution < -0.4 is 10.9 Å². The first-order valence-corrected chi connectivity index (χ1v) is 8.66. The average Bonchev–Trinajstić information content (AvgIpc) is 3.16. The van der Waals surface area contributed by atoms with E-state index in [0.717, 1.165) is 10.6 Å². The third-order valence-corrected chi connectivity index (χ3v) is 5.59. The summed E-state index contributed by atoms with van der Waals surface area (Å²) in [5, 5.41) is 16.7. The molecular weight excluding hydrogens is 334 g/mol. The van der Waals surface area contributed by atoms with Gasteiger partial charge in [0.25, 0.3) is 11.5 Å². The molecule has 23 heavy (non-hydrogen) atoms. The SMILES string of the molecule is Cc1csc2ncc(C(=O)NCC(C)(O)c3cccs3)c(=O)n12. The number of aryl methyl sites for hydroxylation is 1. The third kappa shape index (κ3) is 2.92. The van der Waals surface area contributed by atoms with Crippen molar-refractivity contribution in [2.75, 3.05) is 6.54 Å². The van der Waals surface area contributed by atoms with Gasteiger partial charge in [0.05, 0.1) is 6.54 Å². The Bertz CT molecular complexity index is 910. The molecule has 0 fully saturated rings. The zero-order valence-electron chi connectivity index (χ0n) is 12.6. The number of thiophene rings is 1. The fraction of sp³-hybridized carbons (Fsp3) is 0.267. The molecule has 0 aromatic carbocycles. The summed E-state index contributed by atoms with van der Waals surface area (Å²) in [6, 6.07) is 3.63. The van der Waals surface area contributed by atoms with Gasteiger partial charge in [-0.3, -0.25) is 14.0 Å². The molecule has 0 aliphatic heterocycles. The Balaban J connectivity index is 1.83. The first-order valence-electron chi connectivity index (χ1n) is 6.90. The van der Waals surface area contributed by atoms with Gasteiger partial charge >= 0.3 is 0 Å². The summed E-state index contributed by atoms with van der Waals surface area (Å²) < 4.78 is 1.41. The lowest BCUT2D eigenvalue weighted by Crippen LogP contribution is -2.40. The molecule has 3 heterocycles. The number of carbonyl (C=O) groups is 1. The van der Waals surface area contributed by atoms with E-state index in [0.29, 0.717) is 4.96 Å². The average molecular weight is 349 g/mol. The zero-order chi connectivity index (χ0) is 16.6. The van der Waals surface area contributed by atoms with Crippen molar-refractivity contribution < 1.29 is 9.90 Å². The van der Waals surface area contributed by atoms with Crippen molar-refractivity contribution in [2.24, 2.45) is 0 Å². The molecule has 6 nitrogen and oxygen atoms in total. The highest BCUT2D eigenvalue weighted by molar-refractivity contribution is 7.15. The number of nitrogens with one attached hydrogen (secondary N) is 1. The maximum absolute atomic E-state index is 12.4. The van der Waals surface area contributed by atoms with E-state index in [1.54, 1.807) is 19.9 Å². The third-order valence-electron chi connectivity index (χ3n) is 3.51. The molecule has 0 bridgehead atoms. The number of fused-ring (bicyclic) bond motifs is 1. The van der Waals surface area contributed by atoms with Crippen molar-refractivity contribution >= 4 is 33.5 Å². The molecule has 0 saturated heterocycles. The number of hydrogen-bond acceptors (Lipinski definition) is 6. The van der Waals surface area contributed by atoms with Crippen LogP contribution in [0, 0.1) is 6.92 Å². The van der Waals surface area contributed by atoms with Gasteiger partial charge < -0.3 is 10.4 Å². The van der Waals surface area contributed by atoms with Gasteiger partial charge in [0.2, 0.25) is 0 Å². The zero-order valence-corrected chi connectivity index (χ0v) is 14.2. The van der Waals surface area contributed by atoms with Crippen molar-refractivity contribution in [2.45, 2.75) is 19.4 Å². The Hall–Kier alpha value is -2.03. The second kappa shape index (κ2) is 5.88. The lowest BCUT2D eigenvalue weighted by atomic mass is 10.1. The second-order valence-corrected chi connectivity index (χ2v) is 7.19. The second-order valence-electron chi connectivity index (χ2n) is 5.41. The molecule has 2 N–H and O–H groups in total. The van der Waals surface area contributed by atoms with E-state index in [4.69, 9.17) is 0 Å². The van der Waals surface area contributed by atoms with Gasteiger partial charge in [0.15, 0.2) is 4.96 Å². The Labute approximate surface area is 140 Å². The fourth-order valence-corrected chi connectivity index (χ4v) is 3.81. The smallest absolute Gasteiger partial charge is 0.271 e. The van der Waals surface area contributed by atoms with Crippen LogP contribution in [0.2, 0.25) is 0 Å². The standard InChI is InChI=1S/C15H15N3O3S2/c1-9-7-23-14-16-6-10(13(20)18(9)14)12(19)17-8-15(2,21)11-4-3-5-22-11/h3-7,21H,8H2,1-2H3,(H,17,19). The molecule has 0 radical (unpaired) electrons. The van der Waals surface area contributed by atoms with Crippen LogP contribution in [0.15, 0.2) is 33.9 Å². The number of aromatic nitrogens is 2. The van der Waals surface area contributed by atoms with Gasteiger partial charge in [0, 0.05) is 22.1 Å². The Morgan fingerprint density at radius 3 is 2.96 bits per heavy atom.